The van der Waals surface area contributed by atoms with E-state index in [1.165, 1.54) is 22.6 Å². The van der Waals surface area contributed by atoms with E-state index in [1.54, 1.807) is 0 Å². The number of piperidine rings is 1. The van der Waals surface area contributed by atoms with Crippen LogP contribution in [0, 0.1) is 0 Å². The van der Waals surface area contributed by atoms with Gasteiger partial charge in [-0.15, -0.1) is 11.3 Å². The van der Waals surface area contributed by atoms with Crippen molar-refractivity contribution in [3.8, 4) is 0 Å². The van der Waals surface area contributed by atoms with Gasteiger partial charge in [0.25, 0.3) is 0 Å². The topological polar surface area (TPSA) is 24.1 Å². The summed E-state index contributed by atoms with van der Waals surface area (Å²) in [5.41, 5.74) is 0.693. The van der Waals surface area contributed by atoms with Gasteiger partial charge in [-0.2, -0.15) is 0 Å². The van der Waals surface area contributed by atoms with Crippen molar-refractivity contribution in [2.75, 3.05) is 0 Å². The number of rotatable bonds is 3. The lowest BCUT2D eigenvalue weighted by Crippen LogP contribution is -2.61. The van der Waals surface area contributed by atoms with Crippen molar-refractivity contribution >= 4 is 11.3 Å². The Morgan fingerprint density at radius 1 is 1.14 bits per heavy atom. The van der Waals surface area contributed by atoms with Gasteiger partial charge in [-0.25, -0.2) is 0 Å². The van der Waals surface area contributed by atoms with Crippen LogP contribution in [0.15, 0.2) is 12.1 Å². The molecule has 1 aliphatic heterocycles. The summed E-state index contributed by atoms with van der Waals surface area (Å²) in [6.07, 6.45) is 2.38. The summed E-state index contributed by atoms with van der Waals surface area (Å²) in [5, 5.41) is 7.53. The Morgan fingerprint density at radius 2 is 1.71 bits per heavy atom. The standard InChI is InChI=1S/C18H32N2S/c1-16(2,3)15-9-8-14(21-15)12-19-13-10-17(4,5)20-18(6,7)11-13/h8-9,13,19-20H,10-12H2,1-7H3. The van der Waals surface area contributed by atoms with Crippen molar-refractivity contribution in [2.45, 2.75) is 90.4 Å². The second-order valence-corrected chi connectivity index (χ2v) is 10.1. The highest BCUT2D eigenvalue weighted by atomic mass is 32.1. The molecule has 1 fully saturated rings. The quantitative estimate of drug-likeness (QED) is 0.862. The zero-order chi connectivity index (χ0) is 15.9. The van der Waals surface area contributed by atoms with E-state index in [0.29, 0.717) is 6.04 Å². The maximum absolute atomic E-state index is 3.78. The molecule has 2 heterocycles. The maximum atomic E-state index is 3.78. The molecule has 1 saturated heterocycles. The Bertz CT molecular complexity index is 464. The average Bonchev–Trinajstić information content (AvgIpc) is 2.69. The first kappa shape index (κ1) is 17.0. The molecule has 3 heteroatoms. The fraction of sp³-hybridized carbons (Fsp3) is 0.778. The Morgan fingerprint density at radius 3 is 2.19 bits per heavy atom. The molecule has 2 nitrogen and oxygen atoms in total. The fourth-order valence-electron chi connectivity index (χ4n) is 3.59. The van der Waals surface area contributed by atoms with E-state index in [1.807, 2.05) is 11.3 Å². The SMILES string of the molecule is CC1(C)CC(NCc2ccc(C(C)(C)C)s2)CC(C)(C)N1. The van der Waals surface area contributed by atoms with Crippen LogP contribution >= 0.6 is 11.3 Å². The van der Waals surface area contributed by atoms with Crippen LogP contribution < -0.4 is 10.6 Å². The molecule has 1 aromatic heterocycles. The molecule has 0 aliphatic carbocycles. The van der Waals surface area contributed by atoms with Crippen LogP contribution in [0.4, 0.5) is 0 Å². The van der Waals surface area contributed by atoms with E-state index < -0.39 is 0 Å². The van der Waals surface area contributed by atoms with Crippen LogP contribution in [0.1, 0.15) is 71.1 Å². The van der Waals surface area contributed by atoms with E-state index in [-0.39, 0.29) is 16.5 Å². The van der Waals surface area contributed by atoms with Gasteiger partial charge in [-0.3, -0.25) is 0 Å². The molecule has 2 rings (SSSR count). The summed E-state index contributed by atoms with van der Waals surface area (Å²) >= 11 is 1.95. The lowest BCUT2D eigenvalue weighted by atomic mass is 9.79. The van der Waals surface area contributed by atoms with Gasteiger partial charge in [-0.1, -0.05) is 20.8 Å². The molecule has 0 atom stereocenters. The molecule has 0 unspecified atom stereocenters. The van der Waals surface area contributed by atoms with Crippen molar-refractivity contribution in [3.63, 3.8) is 0 Å². The molecule has 0 radical (unpaired) electrons. The summed E-state index contributed by atoms with van der Waals surface area (Å²) in [5.74, 6) is 0. The van der Waals surface area contributed by atoms with Crippen LogP contribution in [-0.4, -0.2) is 17.1 Å². The van der Waals surface area contributed by atoms with Crippen molar-refractivity contribution in [2.24, 2.45) is 0 Å². The van der Waals surface area contributed by atoms with Gasteiger partial charge < -0.3 is 10.6 Å². The first-order chi connectivity index (χ1) is 9.47. The second-order valence-electron chi connectivity index (χ2n) is 8.89. The highest BCUT2D eigenvalue weighted by Gasteiger charge is 2.37. The molecule has 120 valence electrons. The van der Waals surface area contributed by atoms with Crippen LogP contribution in [0.3, 0.4) is 0 Å². The first-order valence-corrected chi connectivity index (χ1v) is 8.90. The third-order valence-electron chi connectivity index (χ3n) is 4.16. The predicted molar refractivity (Wildman–Crippen MR) is 94.2 cm³/mol. The Hall–Kier alpha value is -0.380. The third kappa shape index (κ3) is 4.80. The van der Waals surface area contributed by atoms with E-state index in [2.05, 4.69) is 71.2 Å². The molecule has 1 aliphatic rings. The van der Waals surface area contributed by atoms with E-state index in [9.17, 15) is 0 Å². The average molecular weight is 309 g/mol. The Balaban J connectivity index is 1.95. The normalized spacial score (nSPS) is 22.4. The lowest BCUT2D eigenvalue weighted by Gasteiger charge is -2.46. The second kappa shape index (κ2) is 5.68. The minimum absolute atomic E-state index is 0.214. The molecular weight excluding hydrogens is 276 g/mol. The summed E-state index contributed by atoms with van der Waals surface area (Å²) < 4.78 is 0. The molecule has 2 N–H and O–H groups in total. The number of thiophene rings is 1. The Kier molecular flexibility index (Phi) is 4.59. The van der Waals surface area contributed by atoms with Gasteiger partial charge in [0, 0.05) is 33.4 Å². The van der Waals surface area contributed by atoms with E-state index in [0.717, 1.165) is 6.54 Å². The summed E-state index contributed by atoms with van der Waals surface area (Å²) in [7, 11) is 0. The predicted octanol–water partition coefficient (Wildman–Crippen LogP) is 4.44. The van der Waals surface area contributed by atoms with E-state index >= 15 is 0 Å². The number of nitrogens with one attached hydrogen (secondary N) is 2. The van der Waals surface area contributed by atoms with Crippen LogP contribution in [-0.2, 0) is 12.0 Å². The fourth-order valence-corrected chi connectivity index (χ4v) is 4.60. The molecule has 1 aromatic rings. The van der Waals surface area contributed by atoms with Gasteiger partial charge in [0.05, 0.1) is 0 Å². The van der Waals surface area contributed by atoms with Gasteiger partial charge in [0.1, 0.15) is 0 Å². The molecular formula is C18H32N2S. The minimum Gasteiger partial charge on any atom is -0.309 e. The number of hydrogen-bond donors (Lipinski definition) is 2. The summed E-state index contributed by atoms with van der Waals surface area (Å²) in [6.45, 7) is 17.1. The molecule has 0 spiro atoms. The van der Waals surface area contributed by atoms with Crippen molar-refractivity contribution in [1.29, 1.82) is 0 Å². The van der Waals surface area contributed by atoms with Crippen molar-refractivity contribution < 1.29 is 0 Å². The van der Waals surface area contributed by atoms with Crippen LogP contribution in [0.2, 0.25) is 0 Å². The maximum Gasteiger partial charge on any atom is 0.0302 e. The zero-order valence-corrected chi connectivity index (χ0v) is 15.6. The minimum atomic E-state index is 0.214. The smallest absolute Gasteiger partial charge is 0.0302 e. The van der Waals surface area contributed by atoms with Crippen LogP contribution in [0.25, 0.3) is 0 Å². The molecule has 21 heavy (non-hydrogen) atoms. The molecule has 0 aromatic carbocycles. The number of hydrogen-bond acceptors (Lipinski definition) is 3. The molecule has 0 bridgehead atoms. The zero-order valence-electron chi connectivity index (χ0n) is 14.8. The van der Waals surface area contributed by atoms with Gasteiger partial charge >= 0.3 is 0 Å². The monoisotopic (exact) mass is 308 g/mol. The summed E-state index contributed by atoms with van der Waals surface area (Å²) in [6, 6.07) is 5.17. The Labute approximate surface area is 134 Å². The van der Waals surface area contributed by atoms with Gasteiger partial charge in [0.2, 0.25) is 0 Å². The van der Waals surface area contributed by atoms with Gasteiger partial charge in [-0.05, 0) is 58.1 Å². The largest absolute Gasteiger partial charge is 0.309 e. The van der Waals surface area contributed by atoms with E-state index in [4.69, 9.17) is 0 Å². The third-order valence-corrected chi connectivity index (χ3v) is 5.67. The lowest BCUT2D eigenvalue weighted by molar-refractivity contribution is 0.146. The highest BCUT2D eigenvalue weighted by Crippen LogP contribution is 2.31. The van der Waals surface area contributed by atoms with Crippen LogP contribution in [0.5, 0.6) is 0 Å². The highest BCUT2D eigenvalue weighted by molar-refractivity contribution is 7.12. The molecule has 0 saturated carbocycles. The molecule has 0 amide bonds. The van der Waals surface area contributed by atoms with Gasteiger partial charge in [0.15, 0.2) is 0 Å². The van der Waals surface area contributed by atoms with Crippen molar-refractivity contribution in [1.82, 2.24) is 10.6 Å². The first-order valence-electron chi connectivity index (χ1n) is 8.09. The summed E-state index contributed by atoms with van der Waals surface area (Å²) in [4.78, 5) is 2.93. The van der Waals surface area contributed by atoms with Crippen molar-refractivity contribution in [3.05, 3.63) is 21.9 Å².